The molecule has 8 nitrogen and oxygen atoms in total. The van der Waals surface area contributed by atoms with Crippen LogP contribution in [0.3, 0.4) is 0 Å². The maximum Gasteiger partial charge on any atom is 0.268 e. The Morgan fingerprint density at radius 1 is 0.573 bits per heavy atom. The van der Waals surface area contributed by atoms with Crippen LogP contribution in [0.1, 0.15) is 40.0 Å². The number of para-hydroxylation sites is 4. The van der Waals surface area contributed by atoms with Gasteiger partial charge in [-0.15, -0.1) is 29.7 Å². The van der Waals surface area contributed by atoms with Crippen molar-refractivity contribution in [2.75, 3.05) is 0 Å². The number of imidazole rings is 1. The summed E-state index contributed by atoms with van der Waals surface area (Å²) in [5.41, 5.74) is 8.27. The molecule has 0 saturated heterocycles. The smallest absolute Gasteiger partial charge is 0.268 e. The van der Waals surface area contributed by atoms with Gasteiger partial charge in [0.1, 0.15) is 23.1 Å². The monoisotopic (exact) mass is 1250 g/mol. The van der Waals surface area contributed by atoms with Gasteiger partial charge < -0.3 is 23.3 Å². The van der Waals surface area contributed by atoms with E-state index in [-0.39, 0.29) is 61.1 Å². The maximum absolute atomic E-state index is 9.40. The SMILES string of the molecule is [2H]c1c([2H])c([2H])c(-c2cccc(-c3c([2H])c([2H])c([2H])c([2H])c3[2H])c2-[n+]2[c-]n(-c3[c-]c(Oc4[c-]c5c(cc4)c4ccccc4n5-c4cc(C(C)(C)C)ccn4)ccc3)c3ccc(-n4c5c(c6ccccc64)B4c6ccccc6Oc6cccc(c64)O5)cc32)c([2H])c1[2H].[Pt]. The quantitative estimate of drug-likeness (QED) is 0.0864. The second-order valence-corrected chi connectivity index (χ2v) is 21.2. The summed E-state index contributed by atoms with van der Waals surface area (Å²) < 4.78 is 118. The van der Waals surface area contributed by atoms with E-state index < -0.39 is 60.4 Å². The third-order valence-electron chi connectivity index (χ3n) is 15.4. The zero-order valence-corrected chi connectivity index (χ0v) is 46.4. The molecule has 6 heterocycles. The van der Waals surface area contributed by atoms with Crippen LogP contribution in [0.4, 0.5) is 0 Å². The van der Waals surface area contributed by atoms with Gasteiger partial charge >= 0.3 is 0 Å². The predicted molar refractivity (Wildman–Crippen MR) is 324 cm³/mol. The van der Waals surface area contributed by atoms with Crippen LogP contribution in [-0.2, 0) is 26.5 Å². The van der Waals surface area contributed by atoms with Gasteiger partial charge in [0, 0.05) is 60.9 Å². The molecule has 0 unspecified atom stereocenters. The molecule has 0 amide bonds. The van der Waals surface area contributed by atoms with Crippen LogP contribution in [-0.4, -0.2) is 25.4 Å². The molecule has 0 saturated carbocycles. The first-order valence-electron chi connectivity index (χ1n) is 31.6. The third-order valence-corrected chi connectivity index (χ3v) is 15.4. The summed E-state index contributed by atoms with van der Waals surface area (Å²) in [4.78, 5) is 4.86. The Bertz CT molecular complexity index is 5360. The zero-order valence-electron chi connectivity index (χ0n) is 54.1. The molecule has 82 heavy (non-hydrogen) atoms. The van der Waals surface area contributed by atoms with Gasteiger partial charge in [-0.05, 0) is 110 Å². The molecule has 2 aliphatic rings. The largest absolute Gasteiger partial charge is 0.510 e. The Morgan fingerprint density at radius 2 is 1.23 bits per heavy atom. The van der Waals surface area contributed by atoms with Crippen molar-refractivity contribution >= 4 is 66.8 Å². The minimum absolute atomic E-state index is 0. The number of nitrogens with zero attached hydrogens (tertiary/aromatic N) is 5. The average molecular weight is 1250 g/mol. The molecule has 0 spiro atoms. The molecule has 0 fully saturated rings. The van der Waals surface area contributed by atoms with Crippen LogP contribution in [0, 0.1) is 18.5 Å². The number of rotatable bonds is 8. The van der Waals surface area contributed by atoms with Gasteiger partial charge in [-0.25, -0.2) is 4.98 Å². The molecule has 16 rings (SSSR count). The number of ether oxygens (including phenoxy) is 3. The van der Waals surface area contributed by atoms with Crippen LogP contribution in [0.2, 0.25) is 0 Å². The molecule has 10 heteroatoms. The van der Waals surface area contributed by atoms with Crippen molar-refractivity contribution in [3.8, 4) is 79.8 Å². The first-order chi connectivity index (χ1) is 43.9. The fraction of sp³-hybridized carbons (Fsp3) is 0.0556. The second kappa shape index (κ2) is 19.3. The summed E-state index contributed by atoms with van der Waals surface area (Å²) in [5.74, 6) is 4.08. The van der Waals surface area contributed by atoms with Crippen LogP contribution in [0.5, 0.6) is 34.6 Å². The molecule has 0 aliphatic carbocycles. The number of fused-ring (bicyclic) bond motifs is 10. The van der Waals surface area contributed by atoms with Crippen molar-refractivity contribution in [1.29, 1.82) is 0 Å². The fourth-order valence-electron chi connectivity index (χ4n) is 11.8. The molecule has 0 atom stereocenters. The summed E-state index contributed by atoms with van der Waals surface area (Å²) in [5, 5.41) is 2.92. The number of hydrogen-bond acceptors (Lipinski definition) is 4. The van der Waals surface area contributed by atoms with E-state index in [1.165, 1.54) is 0 Å². The van der Waals surface area contributed by atoms with Crippen LogP contribution < -0.4 is 35.2 Å². The van der Waals surface area contributed by atoms with Gasteiger partial charge in [0.2, 0.25) is 5.88 Å². The molecule has 0 bridgehead atoms. The van der Waals surface area contributed by atoms with Crippen molar-refractivity contribution in [1.82, 2.24) is 18.7 Å². The standard InChI is InChI=1S/C72H48BN5O3.Pt/c1-72(2,3)48-39-40-74-67(41-48)78-59-30-13-10-25-55(59)56-37-36-52(44-62(56)78)79-51-24-16-23-49(42-51)75-45-76(70-53(46-19-6-4-7-20-46)27-17-28-54(70)47-21-8-5-9-22-47)63-43-50(35-38-61(63)75)77-60-31-14-11-26-57(60)68-71(77)81-66-34-18-33-65-69(66)73(68)58-29-12-15-32-64(58)80-65;/h4-41,43H,1-3H3;/q-2;/i4D,5D,6D,7D,8D,9D,19D,20D,21D,22D;. The Kier molecular flexibility index (Phi) is 9.31. The van der Waals surface area contributed by atoms with E-state index in [1.807, 2.05) is 121 Å². The van der Waals surface area contributed by atoms with E-state index in [9.17, 15) is 5.48 Å². The van der Waals surface area contributed by atoms with E-state index >= 15 is 0 Å². The maximum atomic E-state index is 9.40. The van der Waals surface area contributed by atoms with Crippen LogP contribution >= 0.6 is 0 Å². The molecule has 2 aliphatic heterocycles. The summed E-state index contributed by atoms with van der Waals surface area (Å²) in [6.07, 6.45) is 5.40. The van der Waals surface area contributed by atoms with Gasteiger partial charge in [0.15, 0.2) is 0 Å². The Labute approximate surface area is 503 Å². The number of pyridine rings is 1. The summed E-state index contributed by atoms with van der Waals surface area (Å²) in [7, 11) is 0. The molecule has 10 aromatic carbocycles. The zero-order chi connectivity index (χ0) is 62.6. The van der Waals surface area contributed by atoms with E-state index in [2.05, 4.69) is 78.7 Å². The van der Waals surface area contributed by atoms with Gasteiger partial charge in [-0.3, -0.25) is 9.13 Å². The van der Waals surface area contributed by atoms with Crippen molar-refractivity contribution in [3.63, 3.8) is 0 Å². The van der Waals surface area contributed by atoms with E-state index in [4.69, 9.17) is 27.4 Å². The van der Waals surface area contributed by atoms with Gasteiger partial charge in [-0.1, -0.05) is 172 Å². The van der Waals surface area contributed by atoms with Crippen molar-refractivity contribution < 1.29 is 53.6 Å². The van der Waals surface area contributed by atoms with Crippen molar-refractivity contribution in [2.24, 2.45) is 0 Å². The van der Waals surface area contributed by atoms with Crippen LogP contribution in [0.15, 0.2) is 236 Å². The number of aromatic nitrogens is 5. The molecule has 394 valence electrons. The number of benzene rings is 10. The molecule has 0 radical (unpaired) electrons. The normalized spacial score (nSPS) is 14.1. The van der Waals surface area contributed by atoms with Crippen molar-refractivity contribution in [3.05, 3.63) is 261 Å². The Balaban J connectivity index is 0.00000702. The van der Waals surface area contributed by atoms with Gasteiger partial charge in [0.05, 0.1) is 35.9 Å². The molecular formula is C72H48BN5O3Pt-2. The summed E-state index contributed by atoms with van der Waals surface area (Å²) in [6.45, 7) is 6.23. The first kappa shape index (κ1) is 39.6. The van der Waals surface area contributed by atoms with Gasteiger partial charge in [0.25, 0.3) is 13.0 Å². The second-order valence-electron chi connectivity index (χ2n) is 21.2. The molecule has 4 aromatic heterocycles. The van der Waals surface area contributed by atoms with E-state index in [0.29, 0.717) is 51.3 Å². The Morgan fingerprint density at radius 3 is 2.00 bits per heavy atom. The third kappa shape index (κ3) is 7.86. The molecular weight excluding hydrogens is 1190 g/mol. The fourth-order valence-corrected chi connectivity index (χ4v) is 11.8. The topological polar surface area (TPSA) is 59.2 Å². The predicted octanol–water partition coefficient (Wildman–Crippen LogP) is 14.9. The minimum atomic E-state index is -0.601. The molecule has 0 N–H and O–H groups in total. The molecule has 14 aromatic rings. The number of hydrogen-bond donors (Lipinski definition) is 0. The summed E-state index contributed by atoms with van der Waals surface area (Å²) in [6, 6.07) is 55.5. The van der Waals surface area contributed by atoms with E-state index in [1.54, 1.807) is 33.4 Å². The van der Waals surface area contributed by atoms with Crippen LogP contribution in [0.25, 0.3) is 88.9 Å². The van der Waals surface area contributed by atoms with Gasteiger partial charge in [-0.2, -0.15) is 18.2 Å². The first-order valence-corrected chi connectivity index (χ1v) is 26.6. The summed E-state index contributed by atoms with van der Waals surface area (Å²) >= 11 is 0. The Hall–Kier alpha value is -9.69. The van der Waals surface area contributed by atoms with Crippen molar-refractivity contribution in [2.45, 2.75) is 26.2 Å². The minimum Gasteiger partial charge on any atom is -0.510 e. The average Bonchev–Trinajstić information content (AvgIpc) is 1.54. The van der Waals surface area contributed by atoms with E-state index in [0.717, 1.165) is 66.2 Å².